The maximum atomic E-state index is 10.3. The van der Waals surface area contributed by atoms with E-state index in [1.807, 2.05) is 0 Å². The third kappa shape index (κ3) is 1.18. The molecule has 0 amide bonds. The molecule has 1 aromatic heterocycles. The number of hydrogen-bond acceptors (Lipinski definition) is 4. The largest absolute Gasteiger partial charge is 0.358 e. The first-order chi connectivity index (χ1) is 5.70. The summed E-state index contributed by atoms with van der Waals surface area (Å²) in [6.45, 7) is 2.08. The Morgan fingerprint density at radius 3 is 2.92 bits per heavy atom. The number of rotatable bonds is 3. The van der Waals surface area contributed by atoms with E-state index in [0.717, 1.165) is 6.20 Å². The molecule has 0 aliphatic carbocycles. The molecule has 0 aromatic carbocycles. The molecule has 0 radical (unpaired) electrons. The van der Waals surface area contributed by atoms with Gasteiger partial charge in [0.05, 0.1) is 6.54 Å². The first kappa shape index (κ1) is 8.38. The van der Waals surface area contributed by atoms with Gasteiger partial charge < -0.3 is 10.1 Å². The summed E-state index contributed by atoms with van der Waals surface area (Å²) in [5.41, 5.74) is 0. The van der Waals surface area contributed by atoms with Gasteiger partial charge in [-0.2, -0.15) is 0 Å². The average molecular weight is 169 g/mol. The van der Waals surface area contributed by atoms with Gasteiger partial charge in [0, 0.05) is 0 Å². The Kier molecular flexibility index (Phi) is 2.18. The van der Waals surface area contributed by atoms with Gasteiger partial charge in [0.25, 0.3) is 5.82 Å². The van der Waals surface area contributed by atoms with Crippen molar-refractivity contribution in [3.05, 3.63) is 22.1 Å². The number of imidazole rings is 1. The average Bonchev–Trinajstić information content (AvgIpc) is 2.46. The lowest BCUT2D eigenvalue weighted by Gasteiger charge is -1.96. The summed E-state index contributed by atoms with van der Waals surface area (Å²) >= 11 is 0. The Balaban J connectivity index is 3.22. The minimum atomic E-state index is -0.566. The lowest BCUT2D eigenvalue weighted by molar-refractivity contribution is -0.392. The van der Waals surface area contributed by atoms with E-state index in [1.165, 1.54) is 4.57 Å². The number of aromatic nitrogens is 2. The summed E-state index contributed by atoms with van der Waals surface area (Å²) in [4.78, 5) is 23.7. The maximum Gasteiger partial charge on any atom is 0.343 e. The van der Waals surface area contributed by atoms with Crippen LogP contribution in [0.1, 0.15) is 17.5 Å². The van der Waals surface area contributed by atoms with Crippen LogP contribution in [-0.4, -0.2) is 20.8 Å². The second-order valence-electron chi connectivity index (χ2n) is 2.09. The van der Waals surface area contributed by atoms with Crippen LogP contribution < -0.4 is 0 Å². The molecule has 0 fully saturated rings. The Hall–Kier alpha value is -1.72. The molecule has 64 valence electrons. The van der Waals surface area contributed by atoms with Crippen molar-refractivity contribution in [2.45, 2.75) is 13.5 Å². The Bertz CT molecular complexity index is 318. The van der Waals surface area contributed by atoms with E-state index in [0.29, 0.717) is 12.8 Å². The first-order valence-electron chi connectivity index (χ1n) is 3.35. The molecule has 0 bridgehead atoms. The monoisotopic (exact) mass is 169 g/mol. The molecular weight excluding hydrogens is 162 g/mol. The zero-order valence-electron chi connectivity index (χ0n) is 6.43. The molecule has 1 aromatic rings. The second-order valence-corrected chi connectivity index (χ2v) is 2.09. The zero-order chi connectivity index (χ0) is 9.14. The minimum Gasteiger partial charge on any atom is -0.358 e. The van der Waals surface area contributed by atoms with Gasteiger partial charge in [0.15, 0.2) is 0 Å². The Morgan fingerprint density at radius 1 is 1.83 bits per heavy atom. The van der Waals surface area contributed by atoms with Gasteiger partial charge >= 0.3 is 5.82 Å². The summed E-state index contributed by atoms with van der Waals surface area (Å²) < 4.78 is 1.24. The Morgan fingerprint density at radius 2 is 2.50 bits per heavy atom. The van der Waals surface area contributed by atoms with Gasteiger partial charge in [-0.1, -0.05) is 0 Å². The van der Waals surface area contributed by atoms with Gasteiger partial charge in [0.2, 0.25) is 6.29 Å². The van der Waals surface area contributed by atoms with Crippen molar-refractivity contribution in [3.63, 3.8) is 0 Å². The van der Waals surface area contributed by atoms with Crippen LogP contribution in [0, 0.1) is 10.1 Å². The van der Waals surface area contributed by atoms with E-state index in [9.17, 15) is 14.9 Å². The van der Waals surface area contributed by atoms with Crippen LogP contribution in [0.5, 0.6) is 0 Å². The third-order valence-electron chi connectivity index (χ3n) is 1.47. The van der Waals surface area contributed by atoms with Gasteiger partial charge in [-0.15, -0.1) is 0 Å². The molecule has 0 N–H and O–H groups in total. The predicted molar refractivity (Wildman–Crippen MR) is 39.9 cm³/mol. The van der Waals surface area contributed by atoms with Gasteiger partial charge in [-0.3, -0.25) is 4.79 Å². The quantitative estimate of drug-likeness (QED) is 0.377. The fourth-order valence-corrected chi connectivity index (χ4v) is 0.944. The van der Waals surface area contributed by atoms with Crippen molar-refractivity contribution in [3.8, 4) is 0 Å². The number of nitrogens with zero attached hydrogens (tertiary/aromatic N) is 3. The predicted octanol–water partition coefficient (Wildman–Crippen LogP) is 0.624. The molecule has 0 saturated heterocycles. The van der Waals surface area contributed by atoms with Crippen molar-refractivity contribution < 1.29 is 9.72 Å². The number of hydrogen-bond donors (Lipinski definition) is 0. The molecule has 1 rings (SSSR count). The molecule has 12 heavy (non-hydrogen) atoms. The molecule has 0 aliphatic rings. The topological polar surface area (TPSA) is 78.0 Å². The van der Waals surface area contributed by atoms with E-state index < -0.39 is 4.92 Å². The molecule has 0 aliphatic heterocycles. The standard InChI is InChI=1S/C6H7N3O3/c1-2-8-5(4-10)7-3-6(8)9(11)12/h3-4H,2H2,1H3. The normalized spacial score (nSPS) is 9.75. The van der Waals surface area contributed by atoms with Gasteiger partial charge in [0.1, 0.15) is 6.20 Å². The summed E-state index contributed by atoms with van der Waals surface area (Å²) in [5, 5.41) is 10.3. The molecule has 0 saturated carbocycles. The fraction of sp³-hybridized carbons (Fsp3) is 0.333. The maximum absolute atomic E-state index is 10.3. The van der Waals surface area contributed by atoms with Crippen LogP contribution in [0.15, 0.2) is 6.20 Å². The van der Waals surface area contributed by atoms with Gasteiger partial charge in [-0.05, 0) is 11.8 Å². The van der Waals surface area contributed by atoms with E-state index in [2.05, 4.69) is 4.98 Å². The van der Waals surface area contributed by atoms with E-state index in [1.54, 1.807) is 6.92 Å². The highest BCUT2D eigenvalue weighted by atomic mass is 16.6. The van der Waals surface area contributed by atoms with Crippen molar-refractivity contribution >= 4 is 12.1 Å². The summed E-state index contributed by atoms with van der Waals surface area (Å²) in [7, 11) is 0. The van der Waals surface area contributed by atoms with Crippen molar-refractivity contribution in [2.24, 2.45) is 0 Å². The first-order valence-corrected chi connectivity index (χ1v) is 3.35. The molecule has 0 unspecified atom stereocenters. The SMILES string of the molecule is CCn1c([N+](=O)[O-])cnc1C=O. The lowest BCUT2D eigenvalue weighted by Crippen LogP contribution is -2.04. The van der Waals surface area contributed by atoms with Crippen molar-refractivity contribution in [1.82, 2.24) is 9.55 Å². The van der Waals surface area contributed by atoms with Gasteiger partial charge in [-0.25, -0.2) is 9.55 Å². The molecular formula is C6H7N3O3. The van der Waals surface area contributed by atoms with E-state index in [4.69, 9.17) is 0 Å². The molecule has 6 heteroatoms. The number of aldehydes is 1. The number of carbonyl (C=O) groups is 1. The highest BCUT2D eigenvalue weighted by Crippen LogP contribution is 2.11. The van der Waals surface area contributed by atoms with Crippen LogP contribution in [0.3, 0.4) is 0 Å². The Labute approximate surface area is 68.0 Å². The summed E-state index contributed by atoms with van der Waals surface area (Å²) in [6.07, 6.45) is 1.57. The van der Waals surface area contributed by atoms with Crippen LogP contribution in [0.2, 0.25) is 0 Å². The van der Waals surface area contributed by atoms with E-state index >= 15 is 0 Å². The molecule has 0 atom stereocenters. The van der Waals surface area contributed by atoms with Crippen LogP contribution >= 0.6 is 0 Å². The summed E-state index contributed by atoms with van der Waals surface area (Å²) in [5.74, 6) is -0.0659. The lowest BCUT2D eigenvalue weighted by atomic mass is 10.6. The molecule has 1 heterocycles. The molecule has 6 nitrogen and oxygen atoms in total. The minimum absolute atomic E-state index is 0.0872. The fourth-order valence-electron chi connectivity index (χ4n) is 0.944. The second kappa shape index (κ2) is 3.12. The number of carbonyl (C=O) groups excluding carboxylic acids is 1. The molecule has 0 spiro atoms. The van der Waals surface area contributed by atoms with Crippen molar-refractivity contribution in [2.75, 3.05) is 0 Å². The van der Waals surface area contributed by atoms with Crippen LogP contribution in [-0.2, 0) is 6.54 Å². The number of nitro groups is 1. The van der Waals surface area contributed by atoms with Crippen LogP contribution in [0.25, 0.3) is 0 Å². The third-order valence-corrected chi connectivity index (χ3v) is 1.47. The smallest absolute Gasteiger partial charge is 0.343 e. The van der Waals surface area contributed by atoms with Crippen molar-refractivity contribution in [1.29, 1.82) is 0 Å². The van der Waals surface area contributed by atoms with E-state index in [-0.39, 0.29) is 11.6 Å². The highest BCUT2D eigenvalue weighted by molar-refractivity contribution is 5.70. The van der Waals surface area contributed by atoms with Crippen LogP contribution in [0.4, 0.5) is 5.82 Å². The highest BCUT2D eigenvalue weighted by Gasteiger charge is 2.17. The summed E-state index contributed by atoms with van der Waals surface area (Å²) in [6, 6.07) is 0. The zero-order valence-corrected chi connectivity index (χ0v) is 6.43.